The number of aromatic nitrogens is 1. The Morgan fingerprint density at radius 3 is 1.98 bits per heavy atom. The van der Waals surface area contributed by atoms with Gasteiger partial charge < -0.3 is 35.5 Å². The van der Waals surface area contributed by atoms with Gasteiger partial charge in [0, 0.05) is 30.7 Å². The van der Waals surface area contributed by atoms with Gasteiger partial charge in [0.1, 0.15) is 24.6 Å². The molecule has 1 saturated carbocycles. The first-order chi connectivity index (χ1) is 18.6. The third kappa shape index (κ3) is 5.17. The fourth-order valence-corrected chi connectivity index (χ4v) is 5.17. The first-order valence-electron chi connectivity index (χ1n) is 13.4. The number of ether oxygens (including phenoxy) is 2. The van der Waals surface area contributed by atoms with E-state index in [4.69, 9.17) is 20.9 Å². The van der Waals surface area contributed by atoms with Crippen LogP contribution in [0.5, 0.6) is 0 Å². The molecule has 2 atom stereocenters. The van der Waals surface area contributed by atoms with E-state index in [1.165, 1.54) is 6.20 Å². The van der Waals surface area contributed by atoms with E-state index in [0.717, 1.165) is 18.9 Å². The number of fused-ring (bicyclic) bond motifs is 1. The maximum atomic E-state index is 15.8. The molecule has 5 N–H and O–H groups in total. The molecule has 2 aliphatic rings. The maximum absolute atomic E-state index is 15.8. The van der Waals surface area contributed by atoms with Gasteiger partial charge >= 0.3 is 17.9 Å². The molecule has 1 aromatic carbocycles. The van der Waals surface area contributed by atoms with Crippen LogP contribution in [0.15, 0.2) is 17.1 Å². The molecule has 0 amide bonds. The number of pyridine rings is 1. The van der Waals surface area contributed by atoms with E-state index < -0.39 is 57.6 Å². The van der Waals surface area contributed by atoms with Crippen molar-refractivity contribution < 1.29 is 33.4 Å². The van der Waals surface area contributed by atoms with E-state index in [1.54, 1.807) is 44.1 Å². The Morgan fingerprint density at radius 2 is 1.55 bits per heavy atom. The minimum Gasteiger partial charge on any atom is -0.477 e. The van der Waals surface area contributed by atoms with E-state index in [-0.39, 0.29) is 43.4 Å². The van der Waals surface area contributed by atoms with Crippen molar-refractivity contribution in [3.8, 4) is 0 Å². The predicted molar refractivity (Wildman–Crippen MR) is 146 cm³/mol. The molecular formula is C28H37FN4O7. The summed E-state index contributed by atoms with van der Waals surface area (Å²) in [7, 11) is 0. The molecule has 0 bridgehead atoms. The Bertz CT molecular complexity index is 1400. The molecule has 0 radical (unpaired) electrons. The van der Waals surface area contributed by atoms with Crippen molar-refractivity contribution in [2.24, 2.45) is 23.3 Å². The number of halogens is 1. The smallest absolute Gasteiger partial charge is 0.341 e. The van der Waals surface area contributed by atoms with Crippen LogP contribution >= 0.6 is 0 Å². The van der Waals surface area contributed by atoms with E-state index in [0.29, 0.717) is 11.1 Å². The zero-order valence-electron chi connectivity index (χ0n) is 23.5. The number of carboxylic acid groups (broad SMARTS) is 1. The van der Waals surface area contributed by atoms with Gasteiger partial charge in [-0.25, -0.2) is 9.18 Å². The first kappa shape index (κ1) is 29.5. The summed E-state index contributed by atoms with van der Waals surface area (Å²) in [5.41, 5.74) is 10.5. The average molecular weight is 561 g/mol. The van der Waals surface area contributed by atoms with Gasteiger partial charge in [0.25, 0.3) is 0 Å². The van der Waals surface area contributed by atoms with E-state index in [1.807, 2.05) is 0 Å². The fourth-order valence-electron chi connectivity index (χ4n) is 5.17. The number of esters is 2. The topological polar surface area (TPSA) is 167 Å². The van der Waals surface area contributed by atoms with Crippen LogP contribution in [0.4, 0.5) is 10.1 Å². The van der Waals surface area contributed by atoms with Crippen LogP contribution in [0.1, 0.15) is 62.5 Å². The van der Waals surface area contributed by atoms with Crippen molar-refractivity contribution in [3.63, 3.8) is 0 Å². The number of hydrogen-bond acceptors (Lipinski definition) is 9. The monoisotopic (exact) mass is 560 g/mol. The number of nitrogens with zero attached hydrogens (tertiary/aromatic N) is 2. The summed E-state index contributed by atoms with van der Waals surface area (Å²) < 4.78 is 28.5. The highest BCUT2D eigenvalue weighted by Crippen LogP contribution is 2.42. The maximum Gasteiger partial charge on any atom is 0.341 e. The highest BCUT2D eigenvalue weighted by molar-refractivity contribution is 5.95. The van der Waals surface area contributed by atoms with Crippen molar-refractivity contribution in [2.75, 3.05) is 31.2 Å². The Kier molecular flexibility index (Phi) is 7.72. The summed E-state index contributed by atoms with van der Waals surface area (Å²) in [4.78, 5) is 50.9. The molecular weight excluding hydrogens is 523 g/mol. The summed E-state index contributed by atoms with van der Waals surface area (Å²) in [6, 6.07) is 1.04. The Labute approximate surface area is 231 Å². The second kappa shape index (κ2) is 10.5. The van der Waals surface area contributed by atoms with Crippen LogP contribution in [0.2, 0.25) is 0 Å². The fraction of sp³-hybridized carbons (Fsp3) is 0.571. The van der Waals surface area contributed by atoms with Gasteiger partial charge in [-0.1, -0.05) is 27.7 Å². The highest BCUT2D eigenvalue weighted by atomic mass is 19.1. The molecule has 218 valence electrons. The Hall–Kier alpha value is -3.51. The number of carbonyl (C=O) groups is 3. The molecule has 40 heavy (non-hydrogen) atoms. The van der Waals surface area contributed by atoms with E-state index in [2.05, 4.69) is 0 Å². The molecule has 2 fully saturated rings. The lowest BCUT2D eigenvalue weighted by Gasteiger charge is -2.38. The first-order valence-corrected chi connectivity index (χ1v) is 13.4. The van der Waals surface area contributed by atoms with Gasteiger partial charge in [-0.05, 0) is 31.4 Å². The van der Waals surface area contributed by atoms with Crippen LogP contribution in [0.25, 0.3) is 10.9 Å². The number of carboxylic acids is 1. The highest BCUT2D eigenvalue weighted by Gasteiger charge is 2.56. The minimum atomic E-state index is -1.42. The zero-order chi connectivity index (χ0) is 29.7. The number of benzene rings is 1. The number of aryl methyl sites for hydroxylation is 1. The Balaban J connectivity index is 1.81. The standard InChI is InChI=1S/C28H37FN4O7/c1-14(2)25(37)39-12-27(30)10-32(11-28(27,31)13-40-26(38)15(3)4)22-16(5)21-18(8-20(22)29)23(34)19(24(35)36)9-33(21)17-6-7-17/h8-9,14-15,17H,6-7,10-13,30-31H2,1-5H3,(H,35,36)/t27-,28+. The second-order valence-corrected chi connectivity index (χ2v) is 11.7. The summed E-state index contributed by atoms with van der Waals surface area (Å²) in [6.45, 7) is 7.69. The molecule has 1 aliphatic heterocycles. The third-order valence-corrected chi connectivity index (χ3v) is 7.79. The van der Waals surface area contributed by atoms with Crippen LogP contribution in [-0.2, 0) is 19.1 Å². The predicted octanol–water partition coefficient (Wildman–Crippen LogP) is 2.10. The van der Waals surface area contributed by atoms with Crippen molar-refractivity contribution in [2.45, 2.75) is 64.6 Å². The number of rotatable bonds is 9. The SMILES string of the molecule is Cc1c(N2C[C@](N)(COC(=O)C(C)C)[C@](N)(COC(=O)C(C)C)C2)c(F)cc2c(=O)c(C(=O)O)cn(C3CC3)c12. The van der Waals surface area contributed by atoms with Gasteiger partial charge in [0.15, 0.2) is 0 Å². The second-order valence-electron chi connectivity index (χ2n) is 11.7. The number of anilines is 1. The van der Waals surface area contributed by atoms with Gasteiger partial charge in [-0.3, -0.25) is 14.4 Å². The average Bonchev–Trinajstić information content (AvgIpc) is 3.67. The molecule has 0 spiro atoms. The normalized spacial score (nSPS) is 22.8. The minimum absolute atomic E-state index is 0.00937. The molecule has 12 heteroatoms. The molecule has 1 aliphatic carbocycles. The zero-order valence-corrected chi connectivity index (χ0v) is 23.5. The summed E-state index contributed by atoms with van der Waals surface area (Å²) in [6.07, 6.45) is 2.92. The lowest BCUT2D eigenvalue weighted by Crippen LogP contribution is -2.70. The molecule has 4 rings (SSSR count). The molecule has 11 nitrogen and oxygen atoms in total. The molecule has 1 aromatic heterocycles. The number of carbonyl (C=O) groups excluding carboxylic acids is 2. The van der Waals surface area contributed by atoms with Crippen LogP contribution in [0, 0.1) is 24.6 Å². The Morgan fingerprint density at radius 1 is 1.05 bits per heavy atom. The lowest BCUT2D eigenvalue weighted by molar-refractivity contribution is -0.153. The number of hydrogen-bond donors (Lipinski definition) is 3. The van der Waals surface area contributed by atoms with Crippen molar-refractivity contribution >= 4 is 34.5 Å². The van der Waals surface area contributed by atoms with Crippen LogP contribution in [-0.4, -0.2) is 65.0 Å². The van der Waals surface area contributed by atoms with Crippen LogP contribution in [0.3, 0.4) is 0 Å². The van der Waals surface area contributed by atoms with Gasteiger partial charge in [0.2, 0.25) is 5.43 Å². The third-order valence-electron chi connectivity index (χ3n) is 7.79. The van der Waals surface area contributed by atoms with E-state index in [9.17, 15) is 24.3 Å². The van der Waals surface area contributed by atoms with Gasteiger partial charge in [-0.15, -0.1) is 0 Å². The van der Waals surface area contributed by atoms with Gasteiger partial charge in [-0.2, -0.15) is 0 Å². The molecule has 2 heterocycles. The summed E-state index contributed by atoms with van der Waals surface area (Å²) in [5, 5.41) is 9.54. The lowest BCUT2D eigenvalue weighted by atomic mass is 9.82. The van der Waals surface area contributed by atoms with Crippen molar-refractivity contribution in [3.05, 3.63) is 39.4 Å². The quantitative estimate of drug-likeness (QED) is 0.386. The number of aromatic carboxylic acids is 1. The van der Waals surface area contributed by atoms with Crippen molar-refractivity contribution in [1.29, 1.82) is 0 Å². The molecule has 0 unspecified atom stereocenters. The van der Waals surface area contributed by atoms with Gasteiger partial charge in [0.05, 0.1) is 34.1 Å². The summed E-state index contributed by atoms with van der Waals surface area (Å²) in [5.74, 6) is -3.93. The summed E-state index contributed by atoms with van der Waals surface area (Å²) >= 11 is 0. The largest absolute Gasteiger partial charge is 0.477 e. The van der Waals surface area contributed by atoms with E-state index >= 15 is 4.39 Å². The van der Waals surface area contributed by atoms with Crippen LogP contribution < -0.4 is 21.8 Å². The molecule has 2 aromatic rings. The van der Waals surface area contributed by atoms with Crippen molar-refractivity contribution in [1.82, 2.24) is 4.57 Å². The number of nitrogens with two attached hydrogens (primary N) is 2. The molecule has 1 saturated heterocycles.